The Bertz CT molecular complexity index is 113. The number of aliphatic hydroxyl groups excluding tert-OH is 1. The lowest BCUT2D eigenvalue weighted by molar-refractivity contribution is 0.225. The smallest absolute Gasteiger partial charge is 0.340 e. The highest BCUT2D eigenvalue weighted by Gasteiger charge is 2.06. The zero-order valence-corrected chi connectivity index (χ0v) is 8.09. The van der Waals surface area contributed by atoms with E-state index in [1.807, 2.05) is 0 Å². The molecule has 0 saturated carbocycles. The Balaban J connectivity index is 3.41. The van der Waals surface area contributed by atoms with Crippen molar-refractivity contribution < 1.29 is 9.90 Å². The summed E-state index contributed by atoms with van der Waals surface area (Å²) < 4.78 is 3.31. The van der Waals surface area contributed by atoms with E-state index in [-0.39, 0.29) is 12.6 Å². The van der Waals surface area contributed by atoms with Gasteiger partial charge in [0.05, 0.1) is 22.9 Å². The van der Waals surface area contributed by atoms with E-state index in [1.54, 1.807) is 22.9 Å². The summed E-state index contributed by atoms with van der Waals surface area (Å²) in [6.45, 7) is 0.393. The molecular weight excluding hydrogens is 270 g/mol. The van der Waals surface area contributed by atoms with Crippen LogP contribution in [-0.4, -0.2) is 28.7 Å². The van der Waals surface area contributed by atoms with Gasteiger partial charge in [0, 0.05) is 24.9 Å². The summed E-state index contributed by atoms with van der Waals surface area (Å²) in [5.74, 6) is 0. The van der Waals surface area contributed by atoms with Crippen molar-refractivity contribution in [2.24, 2.45) is 0 Å². The quantitative estimate of drug-likeness (QED) is 0.595. The van der Waals surface area contributed by atoms with Crippen molar-refractivity contribution in [3.8, 4) is 0 Å². The van der Waals surface area contributed by atoms with Gasteiger partial charge >= 0.3 is 6.03 Å². The maximum Gasteiger partial charge on any atom is 0.340 e. The fourth-order valence-corrected chi connectivity index (χ4v) is 0.952. The number of nitrogens with zero attached hydrogens (tertiary/aromatic N) is 1. The van der Waals surface area contributed by atoms with Crippen molar-refractivity contribution in [2.45, 2.75) is 6.42 Å². The average Bonchev–Trinajstić information content (AvgIpc) is 1.98. The number of hydrogen-bond acceptors (Lipinski definition) is 2. The van der Waals surface area contributed by atoms with Crippen LogP contribution in [0, 0.1) is 0 Å². The average molecular weight is 278 g/mol. The third-order valence-electron chi connectivity index (χ3n) is 0.814. The van der Waals surface area contributed by atoms with Gasteiger partial charge in [-0.25, -0.2) is 9.21 Å². The lowest BCUT2D eigenvalue weighted by atomic mass is 10.4. The number of rotatable bonds is 3. The molecule has 10 heavy (non-hydrogen) atoms. The molecule has 0 radical (unpaired) electrons. The van der Waals surface area contributed by atoms with Gasteiger partial charge < -0.3 is 5.11 Å². The lowest BCUT2D eigenvalue weighted by Gasteiger charge is -2.10. The molecule has 4 nitrogen and oxygen atoms in total. The fraction of sp³-hybridized carbons (Fsp3) is 0.750. The van der Waals surface area contributed by atoms with Gasteiger partial charge in [-0.05, 0) is 6.42 Å². The number of carbonyl (C=O) groups excluding carboxylic acids is 1. The minimum atomic E-state index is -0.365. The number of carbonyl (C=O) groups is 1. The summed E-state index contributed by atoms with van der Waals surface area (Å²) in [6.07, 6.45) is 0.494. The summed E-state index contributed by atoms with van der Waals surface area (Å²) >= 11 is 7.11. The lowest BCUT2D eigenvalue weighted by Crippen LogP contribution is -2.28. The summed E-state index contributed by atoms with van der Waals surface area (Å²) in [5, 5.41) is 8.35. The van der Waals surface area contributed by atoms with Gasteiger partial charge in [0.1, 0.15) is 0 Å². The second-order valence-electron chi connectivity index (χ2n) is 1.56. The van der Waals surface area contributed by atoms with E-state index in [1.165, 1.54) is 0 Å². The van der Waals surface area contributed by atoms with Crippen LogP contribution in [0.25, 0.3) is 0 Å². The molecule has 0 rings (SSSR count). The number of nitrogens with one attached hydrogen (secondary N) is 1. The van der Waals surface area contributed by atoms with Crippen LogP contribution < -0.4 is 3.53 Å². The third-order valence-corrected chi connectivity index (χ3v) is 1.60. The van der Waals surface area contributed by atoms with Crippen LogP contribution in [0.1, 0.15) is 6.42 Å². The molecule has 2 N–H and O–H groups in total. The topological polar surface area (TPSA) is 52.6 Å². The Labute approximate surface area is 78.1 Å². The molecule has 0 bridgehead atoms. The van der Waals surface area contributed by atoms with Gasteiger partial charge in [-0.1, -0.05) is 0 Å². The summed E-state index contributed by atoms with van der Waals surface area (Å²) in [7, 11) is 0. The summed E-state index contributed by atoms with van der Waals surface area (Å²) in [6, 6.07) is -0.365. The molecule has 60 valence electrons. The molecule has 0 spiro atoms. The van der Waals surface area contributed by atoms with Crippen LogP contribution in [0.4, 0.5) is 4.79 Å². The van der Waals surface area contributed by atoms with Gasteiger partial charge in [0.25, 0.3) is 0 Å². The van der Waals surface area contributed by atoms with Crippen LogP contribution >= 0.6 is 34.6 Å². The number of amides is 2. The van der Waals surface area contributed by atoms with E-state index in [2.05, 4.69) is 3.53 Å². The molecule has 2 amide bonds. The van der Waals surface area contributed by atoms with Gasteiger partial charge in [0.15, 0.2) is 0 Å². The predicted octanol–water partition coefficient (Wildman–Crippen LogP) is 0.884. The summed E-state index contributed by atoms with van der Waals surface area (Å²) in [5.41, 5.74) is 0. The normalized spacial score (nSPS) is 9.10. The molecule has 6 heteroatoms. The molecule has 0 aliphatic carbocycles. The standard InChI is InChI=1S/C4H8ClIN2O2/c5-8(2-1-3-9)4(10)7-6/h9H,1-3H2,(H,7,10). The molecule has 0 aromatic carbocycles. The predicted molar refractivity (Wildman–Crippen MR) is 46.8 cm³/mol. The highest BCUT2D eigenvalue weighted by molar-refractivity contribution is 14.1. The van der Waals surface area contributed by atoms with Crippen LogP contribution in [0.2, 0.25) is 0 Å². The fourth-order valence-electron chi connectivity index (χ4n) is 0.357. The van der Waals surface area contributed by atoms with Crippen LogP contribution in [0.5, 0.6) is 0 Å². The van der Waals surface area contributed by atoms with Crippen molar-refractivity contribution in [3.05, 3.63) is 0 Å². The Hall–Kier alpha value is 0.250. The number of aliphatic hydroxyl groups is 1. The number of hydrogen-bond donors (Lipinski definition) is 2. The van der Waals surface area contributed by atoms with Gasteiger partial charge in [-0.15, -0.1) is 0 Å². The Morgan fingerprint density at radius 1 is 1.80 bits per heavy atom. The van der Waals surface area contributed by atoms with Crippen molar-refractivity contribution in [1.82, 2.24) is 7.95 Å². The molecule has 0 aromatic heterocycles. The van der Waals surface area contributed by atoms with Crippen molar-refractivity contribution in [1.29, 1.82) is 0 Å². The molecule has 0 aliphatic heterocycles. The molecule has 0 saturated heterocycles. The Morgan fingerprint density at radius 2 is 2.40 bits per heavy atom. The third kappa shape index (κ3) is 4.13. The number of halogens is 2. The molecule has 0 aromatic rings. The minimum absolute atomic E-state index is 0.0394. The molecular formula is C4H8ClIN2O2. The number of urea groups is 1. The van der Waals surface area contributed by atoms with E-state index in [9.17, 15) is 4.79 Å². The second kappa shape index (κ2) is 5.99. The van der Waals surface area contributed by atoms with Crippen molar-refractivity contribution in [2.75, 3.05) is 13.2 Å². The highest BCUT2D eigenvalue weighted by atomic mass is 127. The first-order valence-electron chi connectivity index (χ1n) is 2.67. The van der Waals surface area contributed by atoms with Crippen LogP contribution in [-0.2, 0) is 0 Å². The molecule has 0 unspecified atom stereocenters. The first-order valence-corrected chi connectivity index (χ1v) is 4.09. The second-order valence-corrected chi connectivity index (χ2v) is 2.51. The van der Waals surface area contributed by atoms with Crippen LogP contribution in [0.15, 0.2) is 0 Å². The summed E-state index contributed by atoms with van der Waals surface area (Å²) in [4.78, 5) is 10.6. The molecule has 0 heterocycles. The van der Waals surface area contributed by atoms with Gasteiger partial charge in [0.2, 0.25) is 0 Å². The van der Waals surface area contributed by atoms with Crippen molar-refractivity contribution in [3.63, 3.8) is 0 Å². The van der Waals surface area contributed by atoms with E-state index >= 15 is 0 Å². The maximum atomic E-state index is 10.6. The maximum absolute atomic E-state index is 10.6. The van der Waals surface area contributed by atoms with Gasteiger partial charge in [-0.3, -0.25) is 3.53 Å². The monoisotopic (exact) mass is 278 g/mol. The van der Waals surface area contributed by atoms with E-state index in [0.717, 1.165) is 4.42 Å². The van der Waals surface area contributed by atoms with Gasteiger partial charge in [-0.2, -0.15) is 0 Å². The molecule has 0 fully saturated rings. The Kier molecular flexibility index (Phi) is 6.14. The highest BCUT2D eigenvalue weighted by Crippen LogP contribution is 1.97. The van der Waals surface area contributed by atoms with E-state index in [0.29, 0.717) is 13.0 Å². The molecule has 0 atom stereocenters. The zero-order valence-electron chi connectivity index (χ0n) is 5.18. The molecule has 0 aliphatic rings. The Morgan fingerprint density at radius 3 is 2.80 bits per heavy atom. The first kappa shape index (κ1) is 10.2. The van der Waals surface area contributed by atoms with E-state index in [4.69, 9.17) is 16.9 Å². The SMILES string of the molecule is O=C(NI)N(Cl)CCCO. The van der Waals surface area contributed by atoms with Crippen molar-refractivity contribution >= 4 is 40.7 Å². The zero-order chi connectivity index (χ0) is 7.98. The first-order chi connectivity index (χ1) is 4.72. The minimum Gasteiger partial charge on any atom is -0.396 e. The largest absolute Gasteiger partial charge is 0.396 e. The van der Waals surface area contributed by atoms with Crippen LogP contribution in [0.3, 0.4) is 0 Å². The van der Waals surface area contributed by atoms with E-state index < -0.39 is 0 Å².